The third-order valence-electron chi connectivity index (χ3n) is 2.80. The van der Waals surface area contributed by atoms with Crippen molar-refractivity contribution in [1.29, 1.82) is 0 Å². The molecule has 2 rings (SSSR count). The molecule has 0 radical (unpaired) electrons. The van der Waals surface area contributed by atoms with Gasteiger partial charge in [-0.2, -0.15) is 0 Å². The lowest BCUT2D eigenvalue weighted by atomic mass is 10.1. The van der Waals surface area contributed by atoms with Crippen LogP contribution in [0.2, 0.25) is 0 Å². The maximum absolute atomic E-state index is 13.0. The highest BCUT2D eigenvalue weighted by Crippen LogP contribution is 2.14. The zero-order valence-corrected chi connectivity index (χ0v) is 10.8. The SMILES string of the molecule is CC(NC(=O)Cc1ccc2cc(F)ccc2n1)C(=O)O. The van der Waals surface area contributed by atoms with Crippen LogP contribution in [0.25, 0.3) is 10.9 Å². The van der Waals surface area contributed by atoms with Gasteiger partial charge in [-0.1, -0.05) is 6.07 Å². The lowest BCUT2D eigenvalue weighted by molar-refractivity contribution is -0.141. The number of aromatic nitrogens is 1. The largest absolute Gasteiger partial charge is 0.480 e. The van der Waals surface area contributed by atoms with E-state index in [2.05, 4.69) is 10.3 Å². The number of rotatable bonds is 4. The van der Waals surface area contributed by atoms with Gasteiger partial charge in [-0.25, -0.2) is 4.39 Å². The van der Waals surface area contributed by atoms with E-state index in [0.717, 1.165) is 0 Å². The first-order valence-corrected chi connectivity index (χ1v) is 6.03. The second-order valence-corrected chi connectivity index (χ2v) is 4.44. The average Bonchev–Trinajstić information content (AvgIpc) is 2.38. The Balaban J connectivity index is 2.12. The maximum Gasteiger partial charge on any atom is 0.325 e. The maximum atomic E-state index is 13.0. The number of hydrogen-bond acceptors (Lipinski definition) is 3. The van der Waals surface area contributed by atoms with Crippen molar-refractivity contribution in [3.63, 3.8) is 0 Å². The molecule has 0 spiro atoms. The van der Waals surface area contributed by atoms with Crippen LogP contribution in [0.5, 0.6) is 0 Å². The summed E-state index contributed by atoms with van der Waals surface area (Å²) >= 11 is 0. The topological polar surface area (TPSA) is 79.3 Å². The molecule has 0 aliphatic rings. The summed E-state index contributed by atoms with van der Waals surface area (Å²) < 4.78 is 13.0. The van der Waals surface area contributed by atoms with Crippen molar-refractivity contribution in [3.05, 3.63) is 41.8 Å². The number of aliphatic carboxylic acids is 1. The van der Waals surface area contributed by atoms with Gasteiger partial charge in [-0.3, -0.25) is 14.6 Å². The number of amides is 1. The predicted octanol–water partition coefficient (Wildman–Crippen LogP) is 1.51. The molecular weight excluding hydrogens is 263 g/mol. The van der Waals surface area contributed by atoms with Gasteiger partial charge in [0.05, 0.1) is 17.6 Å². The number of nitrogens with one attached hydrogen (secondary N) is 1. The molecule has 104 valence electrons. The van der Waals surface area contributed by atoms with E-state index in [0.29, 0.717) is 16.6 Å². The number of benzene rings is 1. The Hall–Kier alpha value is -2.50. The van der Waals surface area contributed by atoms with Crippen LogP contribution in [0.1, 0.15) is 12.6 Å². The van der Waals surface area contributed by atoms with Crippen LogP contribution in [0.3, 0.4) is 0 Å². The van der Waals surface area contributed by atoms with Gasteiger partial charge >= 0.3 is 5.97 Å². The molecule has 1 heterocycles. The summed E-state index contributed by atoms with van der Waals surface area (Å²) in [5.74, 6) is -1.87. The molecule has 0 fully saturated rings. The molecule has 2 aromatic rings. The summed E-state index contributed by atoms with van der Waals surface area (Å²) in [6.45, 7) is 1.39. The number of nitrogens with zero attached hydrogens (tertiary/aromatic N) is 1. The Kier molecular flexibility index (Phi) is 3.93. The summed E-state index contributed by atoms with van der Waals surface area (Å²) in [6, 6.07) is 6.54. The lowest BCUT2D eigenvalue weighted by Gasteiger charge is -2.09. The smallest absolute Gasteiger partial charge is 0.325 e. The van der Waals surface area contributed by atoms with Gasteiger partial charge in [0.2, 0.25) is 5.91 Å². The highest BCUT2D eigenvalue weighted by Gasteiger charge is 2.14. The Bertz CT molecular complexity index is 673. The molecule has 0 saturated carbocycles. The molecule has 0 bridgehead atoms. The third-order valence-corrected chi connectivity index (χ3v) is 2.80. The van der Waals surface area contributed by atoms with Gasteiger partial charge < -0.3 is 10.4 Å². The van der Waals surface area contributed by atoms with E-state index < -0.39 is 17.9 Å². The number of hydrogen-bond donors (Lipinski definition) is 2. The molecule has 1 amide bonds. The molecule has 2 N–H and O–H groups in total. The van der Waals surface area contributed by atoms with Crippen LogP contribution in [0.4, 0.5) is 4.39 Å². The van der Waals surface area contributed by atoms with Gasteiger partial charge in [-0.15, -0.1) is 0 Å². The second kappa shape index (κ2) is 5.64. The minimum absolute atomic E-state index is 0.0229. The summed E-state index contributed by atoms with van der Waals surface area (Å²) in [7, 11) is 0. The van der Waals surface area contributed by atoms with Crippen molar-refractivity contribution >= 4 is 22.8 Å². The Morgan fingerprint density at radius 1 is 1.35 bits per heavy atom. The molecular formula is C14H13FN2O3. The molecule has 1 aromatic carbocycles. The van der Waals surface area contributed by atoms with Gasteiger partial charge in [0.1, 0.15) is 11.9 Å². The third kappa shape index (κ3) is 3.28. The molecule has 20 heavy (non-hydrogen) atoms. The zero-order valence-electron chi connectivity index (χ0n) is 10.8. The summed E-state index contributed by atoms with van der Waals surface area (Å²) in [5.41, 5.74) is 1.09. The fourth-order valence-corrected chi connectivity index (χ4v) is 1.76. The second-order valence-electron chi connectivity index (χ2n) is 4.44. The molecule has 6 heteroatoms. The Labute approximate surface area is 114 Å². The highest BCUT2D eigenvalue weighted by atomic mass is 19.1. The summed E-state index contributed by atoms with van der Waals surface area (Å²) in [6.07, 6.45) is -0.0229. The fraction of sp³-hybridized carbons (Fsp3) is 0.214. The van der Waals surface area contributed by atoms with Crippen LogP contribution >= 0.6 is 0 Å². The van der Waals surface area contributed by atoms with Crippen molar-refractivity contribution in [1.82, 2.24) is 10.3 Å². The molecule has 1 atom stereocenters. The molecule has 1 aromatic heterocycles. The quantitative estimate of drug-likeness (QED) is 0.887. The number of carbonyl (C=O) groups is 2. The Morgan fingerprint density at radius 2 is 2.10 bits per heavy atom. The first kappa shape index (κ1) is 13.9. The Morgan fingerprint density at radius 3 is 2.80 bits per heavy atom. The van der Waals surface area contributed by atoms with Crippen LogP contribution in [0, 0.1) is 5.82 Å². The number of carboxylic acid groups (broad SMARTS) is 1. The van der Waals surface area contributed by atoms with Gasteiger partial charge in [0.15, 0.2) is 0 Å². The minimum atomic E-state index is -1.10. The van der Waals surface area contributed by atoms with Crippen molar-refractivity contribution in [2.75, 3.05) is 0 Å². The van der Waals surface area contributed by atoms with E-state index in [1.165, 1.54) is 25.1 Å². The number of pyridine rings is 1. The van der Waals surface area contributed by atoms with Crippen LogP contribution in [-0.2, 0) is 16.0 Å². The predicted molar refractivity (Wildman–Crippen MR) is 70.6 cm³/mol. The van der Waals surface area contributed by atoms with Gasteiger partial charge in [0, 0.05) is 5.39 Å². The number of fused-ring (bicyclic) bond motifs is 1. The van der Waals surface area contributed by atoms with Crippen molar-refractivity contribution in [3.8, 4) is 0 Å². The normalized spacial score (nSPS) is 12.1. The minimum Gasteiger partial charge on any atom is -0.480 e. The molecule has 0 aliphatic heterocycles. The summed E-state index contributed by atoms with van der Waals surface area (Å²) in [4.78, 5) is 26.5. The van der Waals surface area contributed by atoms with E-state index in [-0.39, 0.29) is 12.2 Å². The van der Waals surface area contributed by atoms with Crippen LogP contribution in [-0.4, -0.2) is 28.0 Å². The first-order valence-electron chi connectivity index (χ1n) is 6.03. The molecule has 0 aliphatic carbocycles. The van der Waals surface area contributed by atoms with Crippen molar-refractivity contribution in [2.45, 2.75) is 19.4 Å². The van der Waals surface area contributed by atoms with E-state index in [9.17, 15) is 14.0 Å². The lowest BCUT2D eigenvalue weighted by Crippen LogP contribution is -2.39. The molecule has 0 saturated heterocycles. The molecule has 5 nitrogen and oxygen atoms in total. The van der Waals surface area contributed by atoms with Crippen molar-refractivity contribution in [2.24, 2.45) is 0 Å². The number of halogens is 1. The van der Waals surface area contributed by atoms with Gasteiger partial charge in [0.25, 0.3) is 0 Å². The van der Waals surface area contributed by atoms with Crippen LogP contribution < -0.4 is 5.32 Å². The standard InChI is InChI=1S/C14H13FN2O3/c1-8(14(19)20)16-13(18)7-11-4-2-9-6-10(15)3-5-12(9)17-11/h2-6,8H,7H2,1H3,(H,16,18)(H,19,20). The average molecular weight is 276 g/mol. The van der Waals surface area contributed by atoms with E-state index >= 15 is 0 Å². The zero-order chi connectivity index (χ0) is 14.7. The number of carboxylic acids is 1. The van der Waals surface area contributed by atoms with E-state index in [1.807, 2.05) is 0 Å². The van der Waals surface area contributed by atoms with Gasteiger partial charge in [-0.05, 0) is 31.2 Å². The molecule has 1 unspecified atom stereocenters. The first-order chi connectivity index (χ1) is 9.45. The van der Waals surface area contributed by atoms with Crippen LogP contribution in [0.15, 0.2) is 30.3 Å². The van der Waals surface area contributed by atoms with E-state index in [1.54, 1.807) is 12.1 Å². The fourth-order valence-electron chi connectivity index (χ4n) is 1.76. The van der Waals surface area contributed by atoms with E-state index in [4.69, 9.17) is 5.11 Å². The summed E-state index contributed by atoms with van der Waals surface area (Å²) in [5, 5.41) is 11.7. The monoisotopic (exact) mass is 276 g/mol. The highest BCUT2D eigenvalue weighted by molar-refractivity contribution is 5.85. The van der Waals surface area contributed by atoms with Crippen molar-refractivity contribution < 1.29 is 19.1 Å². The number of carbonyl (C=O) groups excluding carboxylic acids is 1.